The predicted octanol–water partition coefficient (Wildman–Crippen LogP) is 2.60. The van der Waals surface area contributed by atoms with Gasteiger partial charge >= 0.3 is 0 Å². The second kappa shape index (κ2) is 8.64. The summed E-state index contributed by atoms with van der Waals surface area (Å²) in [4.78, 5) is 28.8. The van der Waals surface area contributed by atoms with Crippen LogP contribution in [0, 0.1) is 0 Å². The van der Waals surface area contributed by atoms with Gasteiger partial charge in [-0.2, -0.15) is 0 Å². The first kappa shape index (κ1) is 17.4. The van der Waals surface area contributed by atoms with Crippen LogP contribution in [0.15, 0.2) is 53.7 Å². The number of hydrogen-bond donors (Lipinski definition) is 3. The SMILES string of the molecule is O=C(CNC(=O)c1cccnc1)Nc1ccc(SNC2CCC2)cc1. The number of anilines is 1. The number of benzene rings is 1. The minimum atomic E-state index is -0.322. The van der Waals surface area contributed by atoms with E-state index in [1.165, 1.54) is 25.5 Å². The molecule has 1 aliphatic carbocycles. The highest BCUT2D eigenvalue weighted by molar-refractivity contribution is 7.97. The van der Waals surface area contributed by atoms with Crippen LogP contribution < -0.4 is 15.4 Å². The summed E-state index contributed by atoms with van der Waals surface area (Å²) in [7, 11) is 0. The monoisotopic (exact) mass is 356 g/mol. The molecule has 0 spiro atoms. The van der Waals surface area contributed by atoms with Crippen LogP contribution in [0.4, 0.5) is 5.69 Å². The van der Waals surface area contributed by atoms with E-state index in [-0.39, 0.29) is 18.4 Å². The Labute approximate surface area is 150 Å². The lowest BCUT2D eigenvalue weighted by Gasteiger charge is -2.25. The van der Waals surface area contributed by atoms with Gasteiger partial charge in [0.25, 0.3) is 5.91 Å². The van der Waals surface area contributed by atoms with Crippen molar-refractivity contribution in [2.24, 2.45) is 0 Å². The Bertz CT molecular complexity index is 718. The lowest BCUT2D eigenvalue weighted by molar-refractivity contribution is -0.115. The second-order valence-corrected chi connectivity index (χ2v) is 6.76. The van der Waals surface area contributed by atoms with Crippen LogP contribution in [-0.2, 0) is 4.79 Å². The normalized spacial score (nSPS) is 13.8. The van der Waals surface area contributed by atoms with Crippen molar-refractivity contribution in [2.75, 3.05) is 11.9 Å². The molecule has 0 radical (unpaired) electrons. The molecule has 7 heteroatoms. The van der Waals surface area contributed by atoms with Crippen molar-refractivity contribution >= 4 is 29.4 Å². The molecule has 1 aliphatic rings. The Morgan fingerprint density at radius 2 is 1.96 bits per heavy atom. The molecular weight excluding hydrogens is 336 g/mol. The summed E-state index contributed by atoms with van der Waals surface area (Å²) in [6, 6.07) is 11.6. The minimum absolute atomic E-state index is 0.0898. The quantitative estimate of drug-likeness (QED) is 0.664. The summed E-state index contributed by atoms with van der Waals surface area (Å²) in [5, 5.41) is 5.34. The number of aromatic nitrogens is 1. The fourth-order valence-electron chi connectivity index (χ4n) is 2.25. The Hall–Kier alpha value is -2.38. The largest absolute Gasteiger partial charge is 0.343 e. The van der Waals surface area contributed by atoms with Crippen LogP contribution in [0.5, 0.6) is 0 Å². The van der Waals surface area contributed by atoms with E-state index in [1.807, 2.05) is 24.3 Å². The topological polar surface area (TPSA) is 83.1 Å². The van der Waals surface area contributed by atoms with E-state index in [1.54, 1.807) is 30.3 Å². The number of nitrogens with zero attached hydrogens (tertiary/aromatic N) is 1. The molecule has 0 atom stereocenters. The van der Waals surface area contributed by atoms with Crippen molar-refractivity contribution < 1.29 is 9.59 Å². The van der Waals surface area contributed by atoms with Gasteiger partial charge in [-0.1, -0.05) is 6.42 Å². The van der Waals surface area contributed by atoms with Gasteiger partial charge in [0.2, 0.25) is 5.91 Å². The highest BCUT2D eigenvalue weighted by Gasteiger charge is 2.16. The van der Waals surface area contributed by atoms with Gasteiger partial charge in [-0.25, -0.2) is 0 Å². The third kappa shape index (κ3) is 5.30. The second-order valence-electron chi connectivity index (χ2n) is 5.84. The maximum atomic E-state index is 11.9. The predicted molar refractivity (Wildman–Crippen MR) is 98.3 cm³/mol. The molecule has 1 saturated carbocycles. The summed E-state index contributed by atoms with van der Waals surface area (Å²) < 4.78 is 3.42. The van der Waals surface area contributed by atoms with Gasteiger partial charge in [-0.15, -0.1) is 0 Å². The zero-order valence-electron chi connectivity index (χ0n) is 13.7. The van der Waals surface area contributed by atoms with Crippen LogP contribution in [0.25, 0.3) is 0 Å². The third-order valence-electron chi connectivity index (χ3n) is 3.92. The van der Waals surface area contributed by atoms with Crippen molar-refractivity contribution in [1.82, 2.24) is 15.0 Å². The number of carbonyl (C=O) groups excluding carboxylic acids is 2. The number of carbonyl (C=O) groups is 2. The first-order valence-electron chi connectivity index (χ1n) is 8.21. The highest BCUT2D eigenvalue weighted by atomic mass is 32.2. The molecule has 0 aliphatic heterocycles. The van der Waals surface area contributed by atoms with Gasteiger partial charge < -0.3 is 10.6 Å². The van der Waals surface area contributed by atoms with E-state index < -0.39 is 0 Å². The van der Waals surface area contributed by atoms with Gasteiger partial charge in [-0.05, 0) is 61.2 Å². The van der Waals surface area contributed by atoms with Gasteiger partial charge in [0.05, 0.1) is 12.1 Å². The van der Waals surface area contributed by atoms with Gasteiger partial charge in [0.1, 0.15) is 0 Å². The third-order valence-corrected chi connectivity index (χ3v) is 4.88. The summed E-state index contributed by atoms with van der Waals surface area (Å²) in [6.07, 6.45) is 6.84. The van der Waals surface area contributed by atoms with Crippen LogP contribution in [-0.4, -0.2) is 29.4 Å². The summed E-state index contributed by atoms with van der Waals surface area (Å²) in [6.45, 7) is -0.0898. The first-order chi connectivity index (χ1) is 12.2. The lowest BCUT2D eigenvalue weighted by atomic mass is 9.94. The van der Waals surface area contributed by atoms with Gasteiger partial charge in [-0.3, -0.25) is 19.3 Å². The van der Waals surface area contributed by atoms with E-state index in [9.17, 15) is 9.59 Å². The Kier molecular flexibility index (Phi) is 6.03. The minimum Gasteiger partial charge on any atom is -0.343 e. The smallest absolute Gasteiger partial charge is 0.253 e. The number of pyridine rings is 1. The van der Waals surface area contributed by atoms with Crippen molar-refractivity contribution in [3.05, 3.63) is 54.4 Å². The number of hydrogen-bond acceptors (Lipinski definition) is 5. The van der Waals surface area contributed by atoms with Crippen LogP contribution >= 0.6 is 11.9 Å². The van der Waals surface area contributed by atoms with Gasteiger partial charge in [0, 0.05) is 29.0 Å². The van der Waals surface area contributed by atoms with Crippen LogP contribution in [0.1, 0.15) is 29.6 Å². The molecule has 1 heterocycles. The molecule has 1 aromatic heterocycles. The molecule has 2 amide bonds. The maximum Gasteiger partial charge on any atom is 0.253 e. The molecule has 6 nitrogen and oxygen atoms in total. The lowest BCUT2D eigenvalue weighted by Crippen LogP contribution is -2.32. The molecule has 0 bridgehead atoms. The summed E-state index contributed by atoms with van der Waals surface area (Å²) in [5.74, 6) is -0.595. The summed E-state index contributed by atoms with van der Waals surface area (Å²) in [5.41, 5.74) is 1.13. The van der Waals surface area contributed by atoms with Crippen molar-refractivity contribution in [2.45, 2.75) is 30.2 Å². The van der Waals surface area contributed by atoms with Gasteiger partial charge in [0.15, 0.2) is 0 Å². The standard InChI is InChI=1S/C18H20N4O2S/c23-17(12-20-18(24)13-3-2-10-19-11-13)21-14-6-8-16(9-7-14)25-22-15-4-1-5-15/h2-3,6-11,15,22H,1,4-5,12H2,(H,20,24)(H,21,23). The Morgan fingerprint density at radius 1 is 1.16 bits per heavy atom. The number of rotatable bonds is 7. The summed E-state index contributed by atoms with van der Waals surface area (Å²) >= 11 is 1.62. The fraction of sp³-hybridized carbons (Fsp3) is 0.278. The maximum absolute atomic E-state index is 11.9. The van der Waals surface area contributed by atoms with Crippen LogP contribution in [0.3, 0.4) is 0 Å². The first-order valence-corrected chi connectivity index (χ1v) is 9.03. The Morgan fingerprint density at radius 3 is 2.60 bits per heavy atom. The zero-order valence-corrected chi connectivity index (χ0v) is 14.5. The average molecular weight is 356 g/mol. The van der Waals surface area contributed by atoms with E-state index in [0.717, 1.165) is 4.90 Å². The molecule has 0 unspecified atom stereocenters. The number of nitrogens with one attached hydrogen (secondary N) is 3. The van der Waals surface area contributed by atoms with E-state index in [4.69, 9.17) is 0 Å². The molecule has 1 aromatic carbocycles. The van der Waals surface area contributed by atoms with Crippen molar-refractivity contribution in [3.8, 4) is 0 Å². The molecule has 2 aromatic rings. The molecule has 1 fully saturated rings. The molecule has 130 valence electrons. The molecule has 3 N–H and O–H groups in total. The van der Waals surface area contributed by atoms with E-state index >= 15 is 0 Å². The highest BCUT2D eigenvalue weighted by Crippen LogP contribution is 2.24. The van der Waals surface area contributed by atoms with Crippen molar-refractivity contribution in [3.63, 3.8) is 0 Å². The van der Waals surface area contributed by atoms with Crippen molar-refractivity contribution in [1.29, 1.82) is 0 Å². The average Bonchev–Trinajstić information content (AvgIpc) is 2.60. The van der Waals surface area contributed by atoms with Crippen LogP contribution in [0.2, 0.25) is 0 Å². The number of amides is 2. The van der Waals surface area contributed by atoms with E-state index in [0.29, 0.717) is 17.3 Å². The van der Waals surface area contributed by atoms with E-state index in [2.05, 4.69) is 20.3 Å². The molecule has 25 heavy (non-hydrogen) atoms. The molecule has 0 saturated heterocycles. The molecular formula is C18H20N4O2S. The fourth-order valence-corrected chi connectivity index (χ4v) is 3.06. The zero-order chi connectivity index (χ0) is 17.5. The Balaban J connectivity index is 1.42. The molecule has 3 rings (SSSR count).